The number of aliphatic hydroxyl groups excluding tert-OH is 1. The first-order chi connectivity index (χ1) is 17.4. The molecular weight excluding hydrogens is 462 g/mol. The minimum atomic E-state index is -0.747. The highest BCUT2D eigenvalue weighted by atomic mass is 16.5. The van der Waals surface area contributed by atoms with Gasteiger partial charge in [0.2, 0.25) is 5.75 Å². The van der Waals surface area contributed by atoms with E-state index in [1.54, 1.807) is 57.6 Å². The third-order valence-electron chi connectivity index (χ3n) is 7.72. The van der Waals surface area contributed by atoms with Gasteiger partial charge in [0.1, 0.15) is 5.76 Å². The van der Waals surface area contributed by atoms with E-state index in [9.17, 15) is 9.90 Å². The predicted molar refractivity (Wildman–Crippen MR) is 134 cm³/mol. The molecule has 0 radical (unpaired) electrons. The Labute approximate surface area is 210 Å². The molecular formula is C28H31NO7. The summed E-state index contributed by atoms with van der Waals surface area (Å²) in [7, 11) is 7.99. The van der Waals surface area contributed by atoms with Gasteiger partial charge in [-0.05, 0) is 43.2 Å². The Morgan fingerprint density at radius 3 is 2.50 bits per heavy atom. The molecule has 2 aromatic carbocycles. The molecule has 0 spiro atoms. The van der Waals surface area contributed by atoms with Gasteiger partial charge in [-0.1, -0.05) is 12.1 Å². The number of carbonyl (C=O) groups is 1. The molecule has 8 heteroatoms. The van der Waals surface area contributed by atoms with Crippen LogP contribution in [0.4, 0.5) is 0 Å². The van der Waals surface area contributed by atoms with E-state index in [-0.39, 0.29) is 23.5 Å². The Kier molecular flexibility index (Phi) is 5.98. The lowest BCUT2D eigenvalue weighted by Crippen LogP contribution is -2.64. The van der Waals surface area contributed by atoms with E-state index in [1.165, 1.54) is 7.11 Å². The van der Waals surface area contributed by atoms with Crippen molar-refractivity contribution in [1.82, 2.24) is 4.90 Å². The molecule has 36 heavy (non-hydrogen) atoms. The zero-order chi connectivity index (χ0) is 25.6. The second-order valence-electron chi connectivity index (χ2n) is 9.22. The third-order valence-corrected chi connectivity index (χ3v) is 7.72. The number of rotatable bonds is 6. The van der Waals surface area contributed by atoms with Gasteiger partial charge in [-0.15, -0.1) is 0 Å². The average molecular weight is 494 g/mol. The van der Waals surface area contributed by atoms with E-state index in [0.717, 1.165) is 24.8 Å². The standard InChI is InChI=1S/C28H31NO7/c1-29-27(31)23(19(30)13-11-16-12-14-21(33-3)26(35-5)24(16)34-4)22-17-8-6-10-20(32-2)25(17)36-28(29)15-7-9-18(22)28/h6,8,10-14,18,22,30H,7,9,15H2,1-5H3/b13-11+,23-19-/t18-,22+,28+/m1/s1. The van der Waals surface area contributed by atoms with Gasteiger partial charge in [0.05, 0.1) is 34.0 Å². The largest absolute Gasteiger partial charge is 0.507 e. The monoisotopic (exact) mass is 493 g/mol. The van der Waals surface area contributed by atoms with Crippen LogP contribution in [0.2, 0.25) is 0 Å². The molecule has 1 saturated carbocycles. The Balaban J connectivity index is 1.65. The average Bonchev–Trinajstić information content (AvgIpc) is 3.35. The Morgan fingerprint density at radius 2 is 1.81 bits per heavy atom. The molecule has 2 heterocycles. The molecule has 3 atom stereocenters. The molecule has 3 aliphatic rings. The van der Waals surface area contributed by atoms with Crippen LogP contribution < -0.4 is 23.7 Å². The van der Waals surface area contributed by atoms with Crippen molar-refractivity contribution in [3.05, 3.63) is 58.9 Å². The SMILES string of the molecule is COc1cccc2c1O[C@@]13CCC[C@@H]1[C@H]2/C(=C(O)\C=C\c1ccc(OC)c(OC)c1OC)C(=O)N3C. The van der Waals surface area contributed by atoms with E-state index < -0.39 is 5.72 Å². The van der Waals surface area contributed by atoms with Gasteiger partial charge < -0.3 is 33.7 Å². The number of likely N-dealkylation sites (tertiary alicyclic amines) is 1. The summed E-state index contributed by atoms with van der Waals surface area (Å²) in [6, 6.07) is 9.27. The number of hydrogen-bond donors (Lipinski definition) is 1. The number of amides is 1. The van der Waals surface area contributed by atoms with Crippen LogP contribution in [-0.2, 0) is 4.79 Å². The number of carbonyl (C=O) groups excluding carboxylic acids is 1. The van der Waals surface area contributed by atoms with Crippen molar-refractivity contribution in [2.24, 2.45) is 5.92 Å². The fourth-order valence-corrected chi connectivity index (χ4v) is 6.09. The summed E-state index contributed by atoms with van der Waals surface area (Å²) >= 11 is 0. The summed E-state index contributed by atoms with van der Waals surface area (Å²) in [6.45, 7) is 0. The molecule has 2 fully saturated rings. The van der Waals surface area contributed by atoms with Gasteiger partial charge in [-0.25, -0.2) is 0 Å². The number of ether oxygens (including phenoxy) is 5. The summed E-state index contributed by atoms with van der Waals surface area (Å²) in [5, 5.41) is 11.4. The van der Waals surface area contributed by atoms with Gasteiger partial charge in [0, 0.05) is 36.4 Å². The van der Waals surface area contributed by atoms with Gasteiger partial charge in [0.25, 0.3) is 5.91 Å². The number of benzene rings is 2. The van der Waals surface area contributed by atoms with E-state index in [1.807, 2.05) is 18.2 Å². The molecule has 1 amide bonds. The molecule has 1 saturated heterocycles. The topological polar surface area (TPSA) is 86.7 Å². The van der Waals surface area contributed by atoms with Crippen molar-refractivity contribution in [1.29, 1.82) is 0 Å². The lowest BCUT2D eigenvalue weighted by molar-refractivity contribution is -0.166. The van der Waals surface area contributed by atoms with Gasteiger partial charge in [0.15, 0.2) is 28.7 Å². The number of fused-ring (bicyclic) bond motifs is 2. The first-order valence-electron chi connectivity index (χ1n) is 12.0. The maximum atomic E-state index is 13.7. The summed E-state index contributed by atoms with van der Waals surface area (Å²) in [5.74, 6) is 2.08. The van der Waals surface area contributed by atoms with Crippen molar-refractivity contribution in [2.75, 3.05) is 35.5 Å². The Morgan fingerprint density at radius 1 is 1.06 bits per heavy atom. The number of methoxy groups -OCH3 is 4. The first-order valence-corrected chi connectivity index (χ1v) is 12.0. The quantitative estimate of drug-likeness (QED) is 0.461. The summed E-state index contributed by atoms with van der Waals surface area (Å²) in [4.78, 5) is 15.4. The van der Waals surface area contributed by atoms with Crippen molar-refractivity contribution in [3.8, 4) is 28.7 Å². The second kappa shape index (κ2) is 9.00. The molecule has 0 aromatic heterocycles. The van der Waals surface area contributed by atoms with E-state index in [0.29, 0.717) is 39.9 Å². The second-order valence-corrected chi connectivity index (χ2v) is 9.22. The van der Waals surface area contributed by atoms with Crippen molar-refractivity contribution in [2.45, 2.75) is 30.9 Å². The van der Waals surface area contributed by atoms with Gasteiger partial charge >= 0.3 is 0 Å². The number of likely N-dealkylation sites (N-methyl/N-ethyl adjacent to an activating group) is 1. The van der Waals surface area contributed by atoms with Crippen LogP contribution in [-0.4, -0.2) is 57.1 Å². The highest BCUT2D eigenvalue weighted by Gasteiger charge is 2.62. The van der Waals surface area contributed by atoms with Crippen molar-refractivity contribution >= 4 is 12.0 Å². The lowest BCUT2D eigenvalue weighted by atomic mass is 9.69. The molecule has 5 rings (SSSR count). The lowest BCUT2D eigenvalue weighted by Gasteiger charge is -2.54. The smallest absolute Gasteiger partial charge is 0.256 e. The Bertz CT molecular complexity index is 1270. The molecule has 2 aliphatic heterocycles. The fourth-order valence-electron chi connectivity index (χ4n) is 6.09. The minimum absolute atomic E-state index is 0.0287. The van der Waals surface area contributed by atoms with Crippen LogP contribution in [0.1, 0.15) is 36.3 Å². The van der Waals surface area contributed by atoms with E-state index in [2.05, 4.69) is 0 Å². The highest BCUT2D eigenvalue weighted by Crippen LogP contribution is 2.61. The van der Waals surface area contributed by atoms with Crippen LogP contribution >= 0.6 is 0 Å². The molecule has 1 aliphatic carbocycles. The molecule has 2 bridgehead atoms. The van der Waals surface area contributed by atoms with E-state index >= 15 is 0 Å². The maximum absolute atomic E-state index is 13.7. The number of piperidine rings is 1. The number of hydrogen-bond acceptors (Lipinski definition) is 7. The molecule has 0 unspecified atom stereocenters. The molecule has 2 aromatic rings. The molecule has 8 nitrogen and oxygen atoms in total. The normalized spacial score (nSPS) is 25.7. The predicted octanol–water partition coefficient (Wildman–Crippen LogP) is 4.69. The zero-order valence-corrected chi connectivity index (χ0v) is 21.2. The highest BCUT2D eigenvalue weighted by molar-refractivity contribution is 5.98. The van der Waals surface area contributed by atoms with E-state index in [4.69, 9.17) is 23.7 Å². The maximum Gasteiger partial charge on any atom is 0.256 e. The summed E-state index contributed by atoms with van der Waals surface area (Å²) < 4.78 is 28.6. The number of allylic oxidation sites excluding steroid dienone is 1. The number of para-hydroxylation sites is 1. The number of nitrogens with zero attached hydrogens (tertiary/aromatic N) is 1. The van der Waals surface area contributed by atoms with Crippen LogP contribution in [0.3, 0.4) is 0 Å². The fraction of sp³-hybridized carbons (Fsp3) is 0.393. The number of aliphatic hydroxyl groups is 1. The first kappa shape index (κ1) is 23.9. The van der Waals surface area contributed by atoms with Crippen LogP contribution in [0.15, 0.2) is 47.7 Å². The van der Waals surface area contributed by atoms with Gasteiger partial charge in [-0.2, -0.15) is 0 Å². The van der Waals surface area contributed by atoms with Crippen molar-refractivity contribution < 1.29 is 33.6 Å². The summed E-state index contributed by atoms with van der Waals surface area (Å²) in [5.41, 5.74) is 1.14. The zero-order valence-electron chi connectivity index (χ0n) is 21.2. The van der Waals surface area contributed by atoms with Crippen LogP contribution in [0.25, 0.3) is 6.08 Å². The summed E-state index contributed by atoms with van der Waals surface area (Å²) in [6.07, 6.45) is 5.81. The Hall–Kier alpha value is -3.81. The molecule has 190 valence electrons. The van der Waals surface area contributed by atoms with Gasteiger partial charge in [-0.3, -0.25) is 4.79 Å². The van der Waals surface area contributed by atoms with Crippen LogP contribution in [0, 0.1) is 5.92 Å². The minimum Gasteiger partial charge on any atom is -0.507 e. The molecule has 1 N–H and O–H groups in total. The third kappa shape index (κ3) is 3.31. The van der Waals surface area contributed by atoms with Crippen molar-refractivity contribution in [3.63, 3.8) is 0 Å². The van der Waals surface area contributed by atoms with Crippen LogP contribution in [0.5, 0.6) is 28.7 Å².